The van der Waals surface area contributed by atoms with Gasteiger partial charge in [-0.1, -0.05) is 31.4 Å². The van der Waals surface area contributed by atoms with Crippen LogP contribution in [0.4, 0.5) is 0 Å². The van der Waals surface area contributed by atoms with Crippen LogP contribution in [-0.2, 0) is 24.3 Å². The highest BCUT2D eigenvalue weighted by atomic mass is 35.5. The van der Waals surface area contributed by atoms with Crippen LogP contribution in [0.5, 0.6) is 0 Å². The normalized spacial score (nSPS) is 20.3. The molecule has 2 rings (SSSR count). The molecule has 1 aromatic carbocycles. The number of carbonyl (C=O) groups excluding carboxylic acids is 2. The molecule has 0 aromatic heterocycles. The molecule has 1 saturated carbocycles. The van der Waals surface area contributed by atoms with E-state index in [1.54, 1.807) is 0 Å². The van der Waals surface area contributed by atoms with Gasteiger partial charge in [-0.2, -0.15) is 4.31 Å². The molecule has 150 valence electrons. The van der Waals surface area contributed by atoms with Crippen molar-refractivity contribution in [1.82, 2.24) is 9.62 Å². The Kier molecular flexibility index (Phi) is 7.64. The second-order valence-corrected chi connectivity index (χ2v) is 9.29. The van der Waals surface area contributed by atoms with E-state index < -0.39 is 29.1 Å². The summed E-state index contributed by atoms with van der Waals surface area (Å²) in [6.45, 7) is 1.18. The SMILES string of the molecule is C[C@@H]1CCCC[C@H]1NC(=O)COC(=O)CN(C)S(=O)(=O)c1ccc(Cl)cc1. The Morgan fingerprint density at radius 1 is 1.22 bits per heavy atom. The first-order valence-electron chi connectivity index (χ1n) is 8.87. The molecule has 1 fully saturated rings. The second-order valence-electron chi connectivity index (χ2n) is 6.81. The third-order valence-corrected chi connectivity index (χ3v) is 6.77. The van der Waals surface area contributed by atoms with Crippen LogP contribution in [0.15, 0.2) is 29.2 Å². The zero-order valence-electron chi connectivity index (χ0n) is 15.5. The maximum Gasteiger partial charge on any atom is 0.321 e. The number of ether oxygens (including phenoxy) is 1. The van der Waals surface area contributed by atoms with E-state index in [9.17, 15) is 18.0 Å². The Labute approximate surface area is 165 Å². The number of likely N-dealkylation sites (N-methyl/N-ethyl adjacent to an activating group) is 1. The number of benzene rings is 1. The summed E-state index contributed by atoms with van der Waals surface area (Å²) < 4.78 is 30.6. The first-order valence-corrected chi connectivity index (χ1v) is 10.7. The Bertz CT molecular complexity index is 766. The number of hydrogen-bond acceptors (Lipinski definition) is 5. The van der Waals surface area contributed by atoms with Crippen LogP contribution in [0.2, 0.25) is 5.02 Å². The molecule has 27 heavy (non-hydrogen) atoms. The van der Waals surface area contributed by atoms with E-state index in [1.165, 1.54) is 31.3 Å². The number of nitrogens with zero attached hydrogens (tertiary/aromatic N) is 1. The molecule has 2 atom stereocenters. The van der Waals surface area contributed by atoms with E-state index >= 15 is 0 Å². The summed E-state index contributed by atoms with van der Waals surface area (Å²) in [4.78, 5) is 23.9. The highest BCUT2D eigenvalue weighted by Crippen LogP contribution is 2.23. The van der Waals surface area contributed by atoms with Crippen molar-refractivity contribution < 1.29 is 22.7 Å². The van der Waals surface area contributed by atoms with E-state index in [4.69, 9.17) is 16.3 Å². The highest BCUT2D eigenvalue weighted by Gasteiger charge is 2.25. The maximum absolute atomic E-state index is 12.4. The first kappa shape index (κ1) is 21.7. The summed E-state index contributed by atoms with van der Waals surface area (Å²) in [6.07, 6.45) is 4.22. The largest absolute Gasteiger partial charge is 0.455 e. The number of nitrogens with one attached hydrogen (secondary N) is 1. The van der Waals surface area contributed by atoms with Gasteiger partial charge in [-0.15, -0.1) is 0 Å². The molecule has 0 unspecified atom stereocenters. The van der Waals surface area contributed by atoms with Crippen molar-refractivity contribution in [3.63, 3.8) is 0 Å². The minimum atomic E-state index is -3.85. The third kappa shape index (κ3) is 6.19. The fourth-order valence-corrected chi connectivity index (χ4v) is 4.27. The zero-order chi connectivity index (χ0) is 20.0. The topological polar surface area (TPSA) is 92.8 Å². The number of esters is 1. The van der Waals surface area contributed by atoms with Gasteiger partial charge in [-0.25, -0.2) is 8.42 Å². The molecule has 0 radical (unpaired) electrons. The molecule has 0 spiro atoms. The summed E-state index contributed by atoms with van der Waals surface area (Å²) >= 11 is 5.75. The van der Waals surface area contributed by atoms with Crippen LogP contribution < -0.4 is 5.32 Å². The average molecular weight is 417 g/mol. The number of carbonyl (C=O) groups is 2. The van der Waals surface area contributed by atoms with Gasteiger partial charge in [0.15, 0.2) is 6.61 Å². The second kappa shape index (κ2) is 9.52. The molecule has 0 saturated heterocycles. The molecule has 1 N–H and O–H groups in total. The van der Waals surface area contributed by atoms with Crippen molar-refractivity contribution in [1.29, 1.82) is 0 Å². The van der Waals surface area contributed by atoms with Crippen molar-refractivity contribution in [2.45, 2.75) is 43.5 Å². The van der Waals surface area contributed by atoms with Crippen molar-refractivity contribution >= 4 is 33.5 Å². The summed E-state index contributed by atoms with van der Waals surface area (Å²) in [6, 6.07) is 5.73. The van der Waals surface area contributed by atoms with Gasteiger partial charge >= 0.3 is 5.97 Å². The molecule has 1 amide bonds. The van der Waals surface area contributed by atoms with Gasteiger partial charge in [0.05, 0.1) is 4.90 Å². The number of sulfonamides is 1. The fraction of sp³-hybridized carbons (Fsp3) is 0.556. The molecule has 0 bridgehead atoms. The summed E-state index contributed by atoms with van der Waals surface area (Å²) in [5, 5.41) is 3.29. The maximum atomic E-state index is 12.4. The number of halogens is 1. The number of amides is 1. The molecule has 1 aliphatic rings. The van der Waals surface area contributed by atoms with Crippen LogP contribution in [0.25, 0.3) is 0 Å². The van der Waals surface area contributed by atoms with Crippen molar-refractivity contribution in [2.75, 3.05) is 20.2 Å². The van der Waals surface area contributed by atoms with Crippen molar-refractivity contribution in [2.24, 2.45) is 5.92 Å². The fourth-order valence-electron chi connectivity index (χ4n) is 3.02. The standard InChI is InChI=1S/C18H25ClN2O5S/c1-13-5-3-4-6-16(13)20-17(22)12-26-18(23)11-21(2)27(24,25)15-9-7-14(19)8-10-15/h7-10,13,16H,3-6,11-12H2,1-2H3,(H,20,22)/t13-,16-/m1/s1. The summed E-state index contributed by atoms with van der Waals surface area (Å²) in [5.74, 6) is -0.763. The van der Waals surface area contributed by atoms with E-state index in [1.807, 2.05) is 0 Å². The van der Waals surface area contributed by atoms with Gasteiger partial charge in [0.1, 0.15) is 6.54 Å². The van der Waals surface area contributed by atoms with Gasteiger partial charge in [-0.3, -0.25) is 9.59 Å². The predicted octanol–water partition coefficient (Wildman–Crippen LogP) is 2.20. The van der Waals surface area contributed by atoms with Gasteiger partial charge in [0.2, 0.25) is 10.0 Å². The van der Waals surface area contributed by atoms with Crippen molar-refractivity contribution in [3.8, 4) is 0 Å². The molecular formula is C18H25ClN2O5S. The lowest BCUT2D eigenvalue weighted by Gasteiger charge is -2.29. The summed E-state index contributed by atoms with van der Waals surface area (Å²) in [5.41, 5.74) is 0. The lowest BCUT2D eigenvalue weighted by molar-refractivity contribution is -0.148. The van der Waals surface area contributed by atoms with Gasteiger partial charge in [0.25, 0.3) is 5.91 Å². The first-order chi connectivity index (χ1) is 12.7. The Morgan fingerprint density at radius 2 is 1.85 bits per heavy atom. The highest BCUT2D eigenvalue weighted by molar-refractivity contribution is 7.89. The number of rotatable bonds is 7. The van der Waals surface area contributed by atoms with Gasteiger partial charge in [-0.05, 0) is 43.0 Å². The van der Waals surface area contributed by atoms with Crippen LogP contribution >= 0.6 is 11.6 Å². The zero-order valence-corrected chi connectivity index (χ0v) is 17.1. The van der Waals surface area contributed by atoms with Crippen molar-refractivity contribution in [3.05, 3.63) is 29.3 Å². The third-order valence-electron chi connectivity index (χ3n) is 4.70. The van der Waals surface area contributed by atoms with E-state index in [0.29, 0.717) is 10.9 Å². The van der Waals surface area contributed by atoms with Crippen LogP contribution in [0.3, 0.4) is 0 Å². The molecule has 1 aromatic rings. The molecule has 0 heterocycles. The van der Waals surface area contributed by atoms with Gasteiger partial charge < -0.3 is 10.1 Å². The molecule has 9 heteroatoms. The van der Waals surface area contributed by atoms with Crippen LogP contribution in [-0.4, -0.2) is 50.8 Å². The molecule has 1 aliphatic carbocycles. The minimum absolute atomic E-state index is 0.0197. The Balaban J connectivity index is 1.82. The van der Waals surface area contributed by atoms with E-state index in [0.717, 1.165) is 30.0 Å². The van der Waals surface area contributed by atoms with Crippen LogP contribution in [0.1, 0.15) is 32.6 Å². The molecule has 7 nitrogen and oxygen atoms in total. The Hall–Kier alpha value is -1.64. The summed E-state index contributed by atoms with van der Waals surface area (Å²) in [7, 11) is -2.57. The van der Waals surface area contributed by atoms with Crippen LogP contribution in [0, 0.1) is 5.92 Å². The van der Waals surface area contributed by atoms with Gasteiger partial charge in [0, 0.05) is 18.1 Å². The molecular weight excluding hydrogens is 392 g/mol. The lowest BCUT2D eigenvalue weighted by Crippen LogP contribution is -2.43. The van der Waals surface area contributed by atoms with E-state index in [2.05, 4.69) is 12.2 Å². The predicted molar refractivity (Wildman–Crippen MR) is 102 cm³/mol. The lowest BCUT2D eigenvalue weighted by atomic mass is 9.86. The Morgan fingerprint density at radius 3 is 2.48 bits per heavy atom. The smallest absolute Gasteiger partial charge is 0.321 e. The molecule has 0 aliphatic heterocycles. The quantitative estimate of drug-likeness (QED) is 0.688. The number of hydrogen-bond donors (Lipinski definition) is 1. The minimum Gasteiger partial charge on any atom is -0.455 e. The van der Waals surface area contributed by atoms with E-state index in [-0.39, 0.29) is 16.8 Å². The monoisotopic (exact) mass is 416 g/mol. The average Bonchev–Trinajstić information content (AvgIpc) is 2.62.